The third-order valence-electron chi connectivity index (χ3n) is 4.01. The molecular weight excluding hydrogens is 283 g/mol. The summed E-state index contributed by atoms with van der Waals surface area (Å²) in [6.07, 6.45) is 4.91. The SMILES string of the molecule is CCc1c(Cl)nc(C2(OC)CCCC(C)C2)nc1Cl. The van der Waals surface area contributed by atoms with Crippen LogP contribution in [0, 0.1) is 5.92 Å². The van der Waals surface area contributed by atoms with E-state index < -0.39 is 5.60 Å². The molecule has 0 radical (unpaired) electrons. The third-order valence-corrected chi connectivity index (χ3v) is 4.64. The Morgan fingerprint density at radius 2 is 1.95 bits per heavy atom. The van der Waals surface area contributed by atoms with Crippen molar-refractivity contribution in [3.05, 3.63) is 21.7 Å². The lowest BCUT2D eigenvalue weighted by atomic mass is 9.78. The predicted molar refractivity (Wildman–Crippen MR) is 77.7 cm³/mol. The quantitative estimate of drug-likeness (QED) is 0.776. The Morgan fingerprint density at radius 3 is 2.42 bits per heavy atom. The van der Waals surface area contributed by atoms with Crippen LogP contribution in [-0.2, 0) is 16.8 Å². The summed E-state index contributed by atoms with van der Waals surface area (Å²) < 4.78 is 5.78. The second-order valence-corrected chi connectivity index (χ2v) is 6.08. The van der Waals surface area contributed by atoms with Crippen LogP contribution >= 0.6 is 23.2 Å². The van der Waals surface area contributed by atoms with Gasteiger partial charge in [-0.3, -0.25) is 0 Å². The van der Waals surface area contributed by atoms with Gasteiger partial charge in [0.1, 0.15) is 15.9 Å². The van der Waals surface area contributed by atoms with Gasteiger partial charge in [0.15, 0.2) is 5.82 Å². The molecule has 1 aliphatic rings. The molecule has 1 aliphatic carbocycles. The van der Waals surface area contributed by atoms with Gasteiger partial charge in [-0.15, -0.1) is 0 Å². The number of halogens is 2. The summed E-state index contributed by atoms with van der Waals surface area (Å²) in [6, 6.07) is 0. The molecule has 0 bridgehead atoms. The van der Waals surface area contributed by atoms with E-state index in [0.717, 1.165) is 31.2 Å². The van der Waals surface area contributed by atoms with Crippen LogP contribution in [0.4, 0.5) is 0 Å². The van der Waals surface area contributed by atoms with E-state index in [0.29, 0.717) is 22.0 Å². The zero-order valence-corrected chi connectivity index (χ0v) is 13.2. The average Bonchev–Trinajstić information content (AvgIpc) is 2.38. The topological polar surface area (TPSA) is 35.0 Å². The minimum absolute atomic E-state index is 0.433. The number of ether oxygens (including phenoxy) is 1. The molecule has 0 N–H and O–H groups in total. The Morgan fingerprint density at radius 1 is 1.32 bits per heavy atom. The van der Waals surface area contributed by atoms with E-state index in [1.165, 1.54) is 6.42 Å². The normalized spacial score (nSPS) is 27.5. The first kappa shape index (κ1) is 15.0. The zero-order chi connectivity index (χ0) is 14.0. The lowest BCUT2D eigenvalue weighted by molar-refractivity contribution is -0.0646. The number of hydrogen-bond acceptors (Lipinski definition) is 3. The van der Waals surface area contributed by atoms with Gasteiger partial charge in [0.05, 0.1) is 0 Å². The number of aromatic nitrogens is 2. The fraction of sp³-hybridized carbons (Fsp3) is 0.714. The molecule has 1 saturated carbocycles. The maximum absolute atomic E-state index is 6.22. The fourth-order valence-corrected chi connectivity index (χ4v) is 3.56. The lowest BCUT2D eigenvalue weighted by Gasteiger charge is -2.37. The molecule has 1 fully saturated rings. The minimum Gasteiger partial charge on any atom is -0.370 e. The number of nitrogens with zero attached hydrogens (tertiary/aromatic N) is 2. The molecule has 19 heavy (non-hydrogen) atoms. The first-order valence-electron chi connectivity index (χ1n) is 6.80. The Balaban J connectivity index is 2.44. The highest BCUT2D eigenvalue weighted by Gasteiger charge is 2.40. The van der Waals surface area contributed by atoms with Gasteiger partial charge in [0.2, 0.25) is 0 Å². The molecular formula is C14H20Cl2N2O. The van der Waals surface area contributed by atoms with Crippen molar-refractivity contribution in [2.24, 2.45) is 5.92 Å². The molecule has 2 atom stereocenters. The Kier molecular flexibility index (Phi) is 4.70. The number of rotatable bonds is 3. The van der Waals surface area contributed by atoms with E-state index >= 15 is 0 Å². The van der Waals surface area contributed by atoms with E-state index in [4.69, 9.17) is 27.9 Å². The van der Waals surface area contributed by atoms with E-state index in [2.05, 4.69) is 16.9 Å². The van der Waals surface area contributed by atoms with Gasteiger partial charge >= 0.3 is 0 Å². The first-order valence-corrected chi connectivity index (χ1v) is 7.55. The lowest BCUT2D eigenvalue weighted by Crippen LogP contribution is -2.36. The van der Waals surface area contributed by atoms with Crippen LogP contribution in [0.3, 0.4) is 0 Å². The van der Waals surface area contributed by atoms with Crippen molar-refractivity contribution >= 4 is 23.2 Å². The molecule has 1 heterocycles. The average molecular weight is 303 g/mol. The maximum Gasteiger partial charge on any atom is 0.163 e. The highest BCUT2D eigenvalue weighted by molar-refractivity contribution is 6.34. The van der Waals surface area contributed by atoms with Crippen LogP contribution in [-0.4, -0.2) is 17.1 Å². The zero-order valence-electron chi connectivity index (χ0n) is 11.7. The molecule has 3 nitrogen and oxygen atoms in total. The molecule has 0 aliphatic heterocycles. The van der Waals surface area contributed by atoms with Crippen LogP contribution in [0.5, 0.6) is 0 Å². The van der Waals surface area contributed by atoms with Crippen LogP contribution in [0.15, 0.2) is 0 Å². The summed E-state index contributed by atoms with van der Waals surface area (Å²) in [4.78, 5) is 8.90. The molecule has 5 heteroatoms. The molecule has 0 amide bonds. The molecule has 2 rings (SSSR count). The number of hydrogen-bond donors (Lipinski definition) is 0. The van der Waals surface area contributed by atoms with Gasteiger partial charge in [0.25, 0.3) is 0 Å². The highest BCUT2D eigenvalue weighted by Crippen LogP contribution is 2.42. The van der Waals surface area contributed by atoms with Gasteiger partial charge in [0, 0.05) is 12.7 Å². The van der Waals surface area contributed by atoms with Crippen molar-refractivity contribution in [1.82, 2.24) is 9.97 Å². The predicted octanol–water partition coefficient (Wildman–Crippen LogP) is 4.40. The van der Waals surface area contributed by atoms with Crippen molar-refractivity contribution in [1.29, 1.82) is 0 Å². The smallest absolute Gasteiger partial charge is 0.163 e. The first-order chi connectivity index (χ1) is 9.02. The van der Waals surface area contributed by atoms with Gasteiger partial charge in [-0.25, -0.2) is 9.97 Å². The summed E-state index contributed by atoms with van der Waals surface area (Å²) in [5.41, 5.74) is 0.374. The van der Waals surface area contributed by atoms with Gasteiger partial charge in [-0.05, 0) is 31.6 Å². The summed E-state index contributed by atoms with van der Waals surface area (Å²) in [7, 11) is 1.72. The Labute approximate surface area is 124 Å². The van der Waals surface area contributed by atoms with Crippen molar-refractivity contribution in [2.45, 2.75) is 51.6 Å². The molecule has 0 spiro atoms. The monoisotopic (exact) mass is 302 g/mol. The molecule has 1 aromatic heterocycles. The Bertz CT molecular complexity index is 444. The Hall–Kier alpha value is -0.380. The minimum atomic E-state index is -0.433. The van der Waals surface area contributed by atoms with E-state index in [-0.39, 0.29) is 0 Å². The summed E-state index contributed by atoms with van der Waals surface area (Å²) >= 11 is 12.4. The highest BCUT2D eigenvalue weighted by atomic mass is 35.5. The number of methoxy groups -OCH3 is 1. The van der Waals surface area contributed by atoms with E-state index in [9.17, 15) is 0 Å². The van der Waals surface area contributed by atoms with E-state index in [1.54, 1.807) is 7.11 Å². The van der Waals surface area contributed by atoms with Gasteiger partial charge < -0.3 is 4.74 Å². The van der Waals surface area contributed by atoms with Crippen LogP contribution < -0.4 is 0 Å². The van der Waals surface area contributed by atoms with Crippen molar-refractivity contribution in [2.75, 3.05) is 7.11 Å². The third kappa shape index (κ3) is 2.88. The summed E-state index contributed by atoms with van der Waals surface area (Å²) in [5, 5.41) is 0.902. The van der Waals surface area contributed by atoms with Crippen molar-refractivity contribution < 1.29 is 4.74 Å². The van der Waals surface area contributed by atoms with Gasteiger partial charge in [-0.2, -0.15) is 0 Å². The molecule has 2 unspecified atom stereocenters. The molecule has 1 aromatic rings. The van der Waals surface area contributed by atoms with Gasteiger partial charge in [-0.1, -0.05) is 43.5 Å². The molecule has 106 valence electrons. The second-order valence-electron chi connectivity index (χ2n) is 5.36. The maximum atomic E-state index is 6.22. The van der Waals surface area contributed by atoms with Crippen LogP contribution in [0.2, 0.25) is 10.3 Å². The molecule has 0 saturated heterocycles. The largest absolute Gasteiger partial charge is 0.370 e. The van der Waals surface area contributed by atoms with Crippen molar-refractivity contribution in [3.63, 3.8) is 0 Å². The van der Waals surface area contributed by atoms with Crippen LogP contribution in [0.1, 0.15) is 50.9 Å². The second kappa shape index (κ2) is 5.94. The van der Waals surface area contributed by atoms with Crippen LogP contribution in [0.25, 0.3) is 0 Å². The summed E-state index contributed by atoms with van der Waals surface area (Å²) in [6.45, 7) is 4.22. The summed E-state index contributed by atoms with van der Waals surface area (Å²) in [5.74, 6) is 1.23. The van der Waals surface area contributed by atoms with E-state index in [1.807, 2.05) is 6.92 Å². The molecule has 0 aromatic carbocycles. The standard InChI is InChI=1S/C14H20Cl2N2O/c1-4-10-11(15)17-13(18-12(10)16)14(19-3)7-5-6-9(2)8-14/h9H,4-8H2,1-3H3. The fourth-order valence-electron chi connectivity index (χ4n) is 2.91. The van der Waals surface area contributed by atoms with Crippen molar-refractivity contribution in [3.8, 4) is 0 Å².